The summed E-state index contributed by atoms with van der Waals surface area (Å²) in [5.74, 6) is -6.44. The van der Waals surface area contributed by atoms with Crippen molar-refractivity contribution in [2.45, 2.75) is 44.1 Å². The first kappa shape index (κ1) is 22.4. The second-order valence-electron chi connectivity index (χ2n) is 5.65. The Labute approximate surface area is 156 Å². The maximum atomic E-state index is 12.2. The number of hydrogen-bond donors (Lipinski definition) is 4. The lowest BCUT2D eigenvalue weighted by atomic mass is 10.1. The Hall–Kier alpha value is -1.65. The topological polar surface area (TPSA) is 98.7 Å². The highest BCUT2D eigenvalue weighted by Crippen LogP contribution is 2.28. The molecule has 6 nitrogen and oxygen atoms in total. The van der Waals surface area contributed by atoms with E-state index in [4.69, 9.17) is 10.2 Å². The van der Waals surface area contributed by atoms with Crippen LogP contribution < -0.4 is 10.6 Å². The first-order valence-electron chi connectivity index (χ1n) is 7.89. The molecule has 0 radical (unpaired) electrons. The Morgan fingerprint density at radius 3 is 2.35 bits per heavy atom. The van der Waals surface area contributed by atoms with Crippen LogP contribution in [0.5, 0.6) is 0 Å². The van der Waals surface area contributed by atoms with E-state index in [1.165, 1.54) is 0 Å². The lowest BCUT2D eigenvalue weighted by Gasteiger charge is -2.22. The number of alkyl halides is 3. The Morgan fingerprint density at radius 1 is 1.08 bits per heavy atom. The molecule has 0 fully saturated rings. The maximum Gasteiger partial charge on any atom is 0.453 e. The smallest absolute Gasteiger partial charge is 0.351 e. The maximum absolute atomic E-state index is 12.2. The molecule has 0 aliphatic carbocycles. The van der Waals surface area contributed by atoms with Gasteiger partial charge in [0.2, 0.25) is 5.91 Å². The molecule has 0 heterocycles. The van der Waals surface area contributed by atoms with Gasteiger partial charge in [0.05, 0.1) is 0 Å². The molecular weight excluding hydrogens is 421 g/mol. The molecule has 0 aromatic heterocycles. The molecule has 0 unspecified atom stereocenters. The van der Waals surface area contributed by atoms with Crippen LogP contribution in [0.1, 0.15) is 32.1 Å². The van der Waals surface area contributed by atoms with Gasteiger partial charge in [0, 0.05) is 23.1 Å². The van der Waals surface area contributed by atoms with Crippen molar-refractivity contribution in [3.05, 3.63) is 28.7 Å². The summed E-state index contributed by atoms with van der Waals surface area (Å²) in [5.41, 5.74) is 0.674. The zero-order valence-electron chi connectivity index (χ0n) is 13.8. The van der Waals surface area contributed by atoms with Gasteiger partial charge >= 0.3 is 12.0 Å². The lowest BCUT2D eigenvalue weighted by Crippen LogP contribution is -2.57. The molecule has 4 N–H and O–H groups in total. The number of carbonyl (C=O) groups excluding carboxylic acids is 2. The second kappa shape index (κ2) is 9.89. The van der Waals surface area contributed by atoms with Crippen molar-refractivity contribution < 1.29 is 33.0 Å². The van der Waals surface area contributed by atoms with Gasteiger partial charge in [-0.2, -0.15) is 13.2 Å². The summed E-state index contributed by atoms with van der Waals surface area (Å²) in [6.45, 7) is -0.123. The van der Waals surface area contributed by atoms with E-state index in [0.29, 0.717) is 37.8 Å². The third-order valence-electron chi connectivity index (χ3n) is 3.44. The van der Waals surface area contributed by atoms with Crippen molar-refractivity contribution >= 4 is 33.4 Å². The number of amides is 2. The summed E-state index contributed by atoms with van der Waals surface area (Å²) >= 11 is 3.30. The molecule has 146 valence electrons. The number of anilines is 1. The average Bonchev–Trinajstić information content (AvgIpc) is 2.52. The highest BCUT2D eigenvalue weighted by Gasteiger charge is 2.58. The zero-order valence-corrected chi connectivity index (χ0v) is 15.4. The summed E-state index contributed by atoms with van der Waals surface area (Å²) < 4.78 is 37.5. The lowest BCUT2D eigenvalue weighted by molar-refractivity contribution is -0.328. The summed E-state index contributed by atoms with van der Waals surface area (Å²) in [7, 11) is 0. The van der Waals surface area contributed by atoms with E-state index >= 15 is 0 Å². The second-order valence-corrected chi connectivity index (χ2v) is 6.56. The number of halogens is 4. The van der Waals surface area contributed by atoms with Crippen LogP contribution in [0.4, 0.5) is 18.9 Å². The van der Waals surface area contributed by atoms with Crippen LogP contribution in [0.3, 0.4) is 0 Å². The van der Waals surface area contributed by atoms with Crippen LogP contribution in [0.15, 0.2) is 28.7 Å². The highest BCUT2D eigenvalue weighted by molar-refractivity contribution is 9.10. The number of aliphatic hydroxyl groups is 2. The normalized spacial score (nSPS) is 11.9. The van der Waals surface area contributed by atoms with Crippen molar-refractivity contribution in [3.8, 4) is 0 Å². The number of hydrogen-bond acceptors (Lipinski definition) is 4. The Morgan fingerprint density at radius 2 is 1.73 bits per heavy atom. The van der Waals surface area contributed by atoms with E-state index in [1.807, 2.05) is 11.4 Å². The van der Waals surface area contributed by atoms with E-state index in [-0.39, 0.29) is 12.5 Å². The minimum Gasteiger partial charge on any atom is -0.351 e. The molecule has 1 aromatic carbocycles. The fraction of sp³-hybridized carbons (Fsp3) is 0.500. The standard InChI is InChI=1S/C16H20BrF3N2O4/c17-11-6-5-7-12(10-11)22-13(23)8-3-1-2-4-9-21-14(24)15(25,26)16(18,19)20/h5-7,10,25-26H,1-4,8-9H2,(H,21,24)(H,22,23). The van der Waals surface area contributed by atoms with Crippen LogP contribution >= 0.6 is 15.9 Å². The van der Waals surface area contributed by atoms with Crippen LogP contribution in [-0.4, -0.2) is 40.5 Å². The number of unbranched alkanes of at least 4 members (excludes halogenated alkanes) is 3. The molecule has 0 atom stereocenters. The van der Waals surface area contributed by atoms with Crippen molar-refractivity contribution in [1.29, 1.82) is 0 Å². The van der Waals surface area contributed by atoms with E-state index < -0.39 is 17.9 Å². The molecule has 0 aliphatic heterocycles. The monoisotopic (exact) mass is 440 g/mol. The van der Waals surface area contributed by atoms with Crippen molar-refractivity contribution in [2.75, 3.05) is 11.9 Å². The number of nitrogens with one attached hydrogen (secondary N) is 2. The van der Waals surface area contributed by atoms with Crippen molar-refractivity contribution in [3.63, 3.8) is 0 Å². The molecule has 0 bridgehead atoms. The van der Waals surface area contributed by atoms with E-state index in [2.05, 4.69) is 21.2 Å². The van der Waals surface area contributed by atoms with E-state index in [1.54, 1.807) is 18.2 Å². The van der Waals surface area contributed by atoms with Gasteiger partial charge in [0.25, 0.3) is 5.91 Å². The molecule has 0 saturated carbocycles. The van der Waals surface area contributed by atoms with Gasteiger partial charge in [-0.1, -0.05) is 34.8 Å². The van der Waals surface area contributed by atoms with Gasteiger partial charge < -0.3 is 20.8 Å². The van der Waals surface area contributed by atoms with Crippen LogP contribution in [0, 0.1) is 0 Å². The molecular formula is C16H20BrF3N2O4. The Balaban J connectivity index is 2.14. The third kappa shape index (κ3) is 7.30. The molecule has 0 aliphatic rings. The largest absolute Gasteiger partial charge is 0.453 e. The zero-order chi connectivity index (χ0) is 19.8. The van der Waals surface area contributed by atoms with Crippen LogP contribution in [-0.2, 0) is 9.59 Å². The Kier molecular flexibility index (Phi) is 8.51. The first-order chi connectivity index (χ1) is 12.0. The first-order valence-corrected chi connectivity index (χ1v) is 8.68. The van der Waals surface area contributed by atoms with Gasteiger partial charge in [-0.15, -0.1) is 0 Å². The quantitative estimate of drug-likeness (QED) is 0.350. The van der Waals surface area contributed by atoms with E-state index in [9.17, 15) is 22.8 Å². The minimum atomic E-state index is -5.46. The molecule has 0 saturated heterocycles. The fourth-order valence-electron chi connectivity index (χ4n) is 2.01. The van der Waals surface area contributed by atoms with Crippen LogP contribution in [0.2, 0.25) is 0 Å². The SMILES string of the molecule is O=C(CCCCCCNC(=O)C(O)(O)C(F)(F)F)Nc1cccc(Br)c1. The number of benzene rings is 1. The van der Waals surface area contributed by atoms with Crippen LogP contribution in [0.25, 0.3) is 0 Å². The van der Waals surface area contributed by atoms with Gasteiger partial charge in [0.1, 0.15) is 0 Å². The van der Waals surface area contributed by atoms with Gasteiger partial charge in [-0.3, -0.25) is 9.59 Å². The fourth-order valence-corrected chi connectivity index (χ4v) is 2.41. The molecule has 1 aromatic rings. The molecule has 26 heavy (non-hydrogen) atoms. The molecule has 10 heteroatoms. The number of rotatable bonds is 9. The average molecular weight is 441 g/mol. The predicted octanol–water partition coefficient (Wildman–Crippen LogP) is 2.70. The minimum absolute atomic E-state index is 0.123. The van der Waals surface area contributed by atoms with E-state index in [0.717, 1.165) is 4.47 Å². The summed E-state index contributed by atoms with van der Waals surface area (Å²) in [6.07, 6.45) is -3.01. The van der Waals surface area contributed by atoms with Gasteiger partial charge in [-0.25, -0.2) is 0 Å². The third-order valence-corrected chi connectivity index (χ3v) is 3.93. The number of carbonyl (C=O) groups is 2. The predicted molar refractivity (Wildman–Crippen MR) is 92.1 cm³/mol. The summed E-state index contributed by atoms with van der Waals surface area (Å²) in [6, 6.07) is 7.15. The Bertz CT molecular complexity index is 624. The molecule has 1 rings (SSSR count). The van der Waals surface area contributed by atoms with Crippen molar-refractivity contribution in [1.82, 2.24) is 5.32 Å². The summed E-state index contributed by atoms with van der Waals surface area (Å²) in [4.78, 5) is 22.9. The summed E-state index contributed by atoms with van der Waals surface area (Å²) in [5, 5.41) is 22.0. The molecule has 2 amide bonds. The highest BCUT2D eigenvalue weighted by atomic mass is 79.9. The van der Waals surface area contributed by atoms with Gasteiger partial charge in [-0.05, 0) is 31.0 Å². The van der Waals surface area contributed by atoms with Gasteiger partial charge in [0.15, 0.2) is 0 Å². The molecule has 0 spiro atoms. The van der Waals surface area contributed by atoms with Crippen molar-refractivity contribution in [2.24, 2.45) is 0 Å².